The number of amides is 2. The van der Waals surface area contributed by atoms with Gasteiger partial charge in [0.25, 0.3) is 0 Å². The Morgan fingerprint density at radius 3 is 2.87 bits per heavy atom. The van der Waals surface area contributed by atoms with E-state index in [1.807, 2.05) is 17.5 Å². The number of aromatic nitrogens is 2. The number of thiazole rings is 1. The van der Waals surface area contributed by atoms with Gasteiger partial charge in [-0.1, -0.05) is 0 Å². The highest BCUT2D eigenvalue weighted by molar-refractivity contribution is 7.09. The molecule has 0 spiro atoms. The lowest BCUT2D eigenvalue weighted by molar-refractivity contribution is 0.252. The molecule has 0 saturated carbocycles. The van der Waals surface area contributed by atoms with Crippen LogP contribution in [0.15, 0.2) is 29.9 Å². The first-order chi connectivity index (χ1) is 11.3. The van der Waals surface area contributed by atoms with E-state index in [9.17, 15) is 4.79 Å². The van der Waals surface area contributed by atoms with E-state index in [0.717, 1.165) is 36.0 Å². The maximum Gasteiger partial charge on any atom is 0.319 e. The van der Waals surface area contributed by atoms with E-state index >= 15 is 0 Å². The van der Waals surface area contributed by atoms with Crippen molar-refractivity contribution in [2.45, 2.75) is 25.7 Å². The Labute approximate surface area is 140 Å². The number of carbonyl (C=O) groups is 1. The lowest BCUT2D eigenvalue weighted by Gasteiger charge is -2.29. The van der Waals surface area contributed by atoms with Crippen LogP contribution in [0.2, 0.25) is 0 Å². The Bertz CT molecular complexity index is 625. The summed E-state index contributed by atoms with van der Waals surface area (Å²) in [6.07, 6.45) is 7.92. The quantitative estimate of drug-likeness (QED) is 0.884. The van der Waals surface area contributed by atoms with Crippen LogP contribution in [0.4, 0.5) is 16.3 Å². The predicted molar refractivity (Wildman–Crippen MR) is 93.1 cm³/mol. The molecule has 0 aliphatic carbocycles. The summed E-state index contributed by atoms with van der Waals surface area (Å²) in [6, 6.07) is 3.54. The zero-order valence-corrected chi connectivity index (χ0v) is 13.8. The van der Waals surface area contributed by atoms with Gasteiger partial charge in [0.15, 0.2) is 5.82 Å². The summed E-state index contributed by atoms with van der Waals surface area (Å²) in [5.74, 6) is 0.863. The van der Waals surface area contributed by atoms with Gasteiger partial charge in [0.1, 0.15) is 0 Å². The van der Waals surface area contributed by atoms with Gasteiger partial charge in [0, 0.05) is 43.8 Å². The smallest absolute Gasteiger partial charge is 0.319 e. The number of hydrogen-bond donors (Lipinski definition) is 2. The third kappa shape index (κ3) is 4.41. The normalized spacial score (nSPS) is 14.5. The average Bonchev–Trinajstić information content (AvgIpc) is 3.09. The Morgan fingerprint density at radius 2 is 2.09 bits per heavy atom. The summed E-state index contributed by atoms with van der Waals surface area (Å²) < 4.78 is 0. The number of pyridine rings is 1. The number of nitrogens with zero attached hydrogens (tertiary/aromatic N) is 3. The standard InChI is InChI=1S/C16H21N5OS/c22-16(19-8-6-14-17-9-12-23-14)20-13-5-4-7-18-15(13)21-10-2-1-3-11-21/h4-5,7,9,12H,1-3,6,8,10-11H2,(H2,19,20,22). The first-order valence-corrected chi connectivity index (χ1v) is 8.84. The Kier molecular flexibility index (Phi) is 5.42. The highest BCUT2D eigenvalue weighted by Gasteiger charge is 2.16. The predicted octanol–water partition coefficient (Wildman–Crippen LogP) is 2.89. The minimum atomic E-state index is -0.201. The SMILES string of the molecule is O=C(NCCc1nccs1)Nc1cccnc1N1CCCCC1. The molecule has 1 fully saturated rings. The fourth-order valence-electron chi connectivity index (χ4n) is 2.68. The number of anilines is 2. The van der Waals surface area contributed by atoms with Crippen LogP contribution in [0.1, 0.15) is 24.3 Å². The summed E-state index contributed by atoms with van der Waals surface area (Å²) in [5.41, 5.74) is 0.765. The lowest BCUT2D eigenvalue weighted by Crippen LogP contribution is -2.33. The lowest BCUT2D eigenvalue weighted by atomic mass is 10.1. The molecule has 0 unspecified atom stereocenters. The number of hydrogen-bond acceptors (Lipinski definition) is 5. The molecule has 7 heteroatoms. The van der Waals surface area contributed by atoms with E-state index < -0.39 is 0 Å². The number of carbonyl (C=O) groups excluding carboxylic acids is 1. The van der Waals surface area contributed by atoms with Gasteiger partial charge in [-0.05, 0) is 31.4 Å². The van der Waals surface area contributed by atoms with Crippen molar-refractivity contribution in [2.24, 2.45) is 0 Å². The highest BCUT2D eigenvalue weighted by Crippen LogP contribution is 2.25. The van der Waals surface area contributed by atoms with Crippen LogP contribution in [0, 0.1) is 0 Å². The number of urea groups is 1. The third-order valence-electron chi connectivity index (χ3n) is 3.80. The number of nitrogens with one attached hydrogen (secondary N) is 2. The first-order valence-electron chi connectivity index (χ1n) is 7.96. The zero-order chi connectivity index (χ0) is 15.9. The van der Waals surface area contributed by atoms with Gasteiger partial charge >= 0.3 is 6.03 Å². The molecular weight excluding hydrogens is 310 g/mol. The van der Waals surface area contributed by atoms with E-state index in [2.05, 4.69) is 25.5 Å². The van der Waals surface area contributed by atoms with E-state index in [1.165, 1.54) is 19.3 Å². The maximum absolute atomic E-state index is 12.1. The molecule has 1 aliphatic heterocycles. The summed E-state index contributed by atoms with van der Waals surface area (Å²) in [5, 5.41) is 8.76. The van der Waals surface area contributed by atoms with Gasteiger partial charge in [0.2, 0.25) is 0 Å². The Morgan fingerprint density at radius 1 is 1.22 bits per heavy atom. The molecule has 2 N–H and O–H groups in total. The van der Waals surface area contributed by atoms with Crippen molar-refractivity contribution < 1.29 is 4.79 Å². The van der Waals surface area contributed by atoms with Crippen LogP contribution in [0.25, 0.3) is 0 Å². The monoisotopic (exact) mass is 331 g/mol. The molecule has 1 aliphatic rings. The van der Waals surface area contributed by atoms with Gasteiger partial charge in [-0.3, -0.25) is 0 Å². The molecule has 6 nitrogen and oxygen atoms in total. The molecule has 2 aromatic heterocycles. The van der Waals surface area contributed by atoms with Gasteiger partial charge < -0.3 is 15.5 Å². The van der Waals surface area contributed by atoms with Gasteiger partial charge in [-0.15, -0.1) is 11.3 Å². The van der Waals surface area contributed by atoms with E-state index in [-0.39, 0.29) is 6.03 Å². The highest BCUT2D eigenvalue weighted by atomic mass is 32.1. The van der Waals surface area contributed by atoms with Crippen molar-refractivity contribution in [3.63, 3.8) is 0 Å². The summed E-state index contributed by atoms with van der Waals surface area (Å²) in [4.78, 5) is 23.0. The molecule has 0 radical (unpaired) electrons. The van der Waals surface area contributed by atoms with Crippen molar-refractivity contribution in [3.8, 4) is 0 Å². The van der Waals surface area contributed by atoms with Crippen molar-refractivity contribution >= 4 is 28.9 Å². The Balaban J connectivity index is 1.55. The largest absolute Gasteiger partial charge is 0.355 e. The summed E-state index contributed by atoms with van der Waals surface area (Å²) in [7, 11) is 0. The number of piperidine rings is 1. The van der Waals surface area contributed by atoms with Gasteiger partial charge in [-0.2, -0.15) is 0 Å². The average molecular weight is 331 g/mol. The molecule has 2 aromatic rings. The second-order valence-electron chi connectivity index (χ2n) is 5.48. The first kappa shape index (κ1) is 15.7. The second-order valence-corrected chi connectivity index (χ2v) is 6.46. The molecule has 1 saturated heterocycles. The fourth-order valence-corrected chi connectivity index (χ4v) is 3.30. The van der Waals surface area contributed by atoms with Crippen LogP contribution >= 0.6 is 11.3 Å². The molecule has 122 valence electrons. The van der Waals surface area contributed by atoms with Crippen LogP contribution in [-0.4, -0.2) is 35.6 Å². The second kappa shape index (κ2) is 7.92. The molecule has 2 amide bonds. The zero-order valence-electron chi connectivity index (χ0n) is 13.0. The van der Waals surface area contributed by atoms with Crippen molar-refractivity contribution in [2.75, 3.05) is 29.9 Å². The van der Waals surface area contributed by atoms with Crippen LogP contribution in [0.3, 0.4) is 0 Å². The molecule has 0 atom stereocenters. The van der Waals surface area contributed by atoms with Crippen LogP contribution in [0.5, 0.6) is 0 Å². The van der Waals surface area contributed by atoms with Crippen molar-refractivity contribution in [1.82, 2.24) is 15.3 Å². The minimum absolute atomic E-state index is 0.201. The molecule has 0 bridgehead atoms. The molecule has 3 heterocycles. The fraction of sp³-hybridized carbons (Fsp3) is 0.438. The molecule has 23 heavy (non-hydrogen) atoms. The topological polar surface area (TPSA) is 70.1 Å². The van der Waals surface area contributed by atoms with E-state index in [1.54, 1.807) is 23.7 Å². The summed E-state index contributed by atoms with van der Waals surface area (Å²) >= 11 is 1.60. The molecular formula is C16H21N5OS. The maximum atomic E-state index is 12.1. The number of rotatable bonds is 5. The Hall–Kier alpha value is -2.15. The van der Waals surface area contributed by atoms with E-state index in [0.29, 0.717) is 6.54 Å². The molecule has 3 rings (SSSR count). The van der Waals surface area contributed by atoms with Crippen molar-refractivity contribution in [1.29, 1.82) is 0 Å². The summed E-state index contributed by atoms with van der Waals surface area (Å²) in [6.45, 7) is 2.56. The molecule has 0 aromatic carbocycles. The third-order valence-corrected chi connectivity index (χ3v) is 4.64. The van der Waals surface area contributed by atoms with Crippen molar-refractivity contribution in [3.05, 3.63) is 34.9 Å². The van der Waals surface area contributed by atoms with E-state index in [4.69, 9.17) is 0 Å². The van der Waals surface area contributed by atoms with Crippen LogP contribution < -0.4 is 15.5 Å². The minimum Gasteiger partial charge on any atom is -0.355 e. The van der Waals surface area contributed by atoms with Crippen LogP contribution in [-0.2, 0) is 6.42 Å². The van der Waals surface area contributed by atoms with Gasteiger partial charge in [-0.25, -0.2) is 14.8 Å². The van der Waals surface area contributed by atoms with Gasteiger partial charge in [0.05, 0.1) is 10.7 Å².